The van der Waals surface area contributed by atoms with Gasteiger partial charge in [-0.3, -0.25) is 14.4 Å². The second kappa shape index (κ2) is 7.17. The van der Waals surface area contributed by atoms with Crippen LogP contribution >= 0.6 is 0 Å². The van der Waals surface area contributed by atoms with Gasteiger partial charge in [-0.2, -0.15) is 0 Å². The van der Waals surface area contributed by atoms with Crippen molar-refractivity contribution in [1.82, 2.24) is 9.88 Å². The number of hydrogen-bond acceptors (Lipinski definition) is 4. The molecule has 1 saturated carbocycles. The minimum absolute atomic E-state index is 0.102. The number of pyridine rings is 1. The maximum atomic E-state index is 11.9. The van der Waals surface area contributed by atoms with E-state index in [1.165, 1.54) is 10.6 Å². The van der Waals surface area contributed by atoms with E-state index in [-0.39, 0.29) is 36.3 Å². The molecule has 114 valence electrons. The smallest absolute Gasteiger partial charge is 0.250 e. The number of carbonyl (C=O) groups is 2. The lowest BCUT2D eigenvalue weighted by Crippen LogP contribution is -2.40. The van der Waals surface area contributed by atoms with Crippen LogP contribution in [0.1, 0.15) is 25.7 Å². The molecule has 21 heavy (non-hydrogen) atoms. The number of amides is 1. The molecular weight excluding hydrogens is 272 g/mol. The summed E-state index contributed by atoms with van der Waals surface area (Å²) in [5.74, 6) is -0.0566. The van der Waals surface area contributed by atoms with Gasteiger partial charge in [0.25, 0.3) is 5.56 Å². The lowest BCUT2D eigenvalue weighted by atomic mass is 9.88. The van der Waals surface area contributed by atoms with Crippen molar-refractivity contribution in [1.29, 1.82) is 0 Å². The third-order valence-electron chi connectivity index (χ3n) is 3.73. The maximum Gasteiger partial charge on any atom is 0.250 e. The van der Waals surface area contributed by atoms with Crippen molar-refractivity contribution in [3.05, 3.63) is 34.7 Å². The lowest BCUT2D eigenvalue weighted by Gasteiger charge is -2.21. The Labute approximate surface area is 122 Å². The van der Waals surface area contributed by atoms with Crippen molar-refractivity contribution < 1.29 is 14.7 Å². The van der Waals surface area contributed by atoms with Gasteiger partial charge in [-0.05, 0) is 18.9 Å². The van der Waals surface area contributed by atoms with E-state index < -0.39 is 6.10 Å². The predicted molar refractivity (Wildman–Crippen MR) is 76.7 cm³/mol. The first-order valence-corrected chi connectivity index (χ1v) is 7.19. The van der Waals surface area contributed by atoms with E-state index >= 15 is 0 Å². The molecule has 2 rings (SSSR count). The summed E-state index contributed by atoms with van der Waals surface area (Å²) < 4.78 is 1.40. The second-order valence-electron chi connectivity index (χ2n) is 5.40. The van der Waals surface area contributed by atoms with Crippen LogP contribution < -0.4 is 10.9 Å². The first-order valence-electron chi connectivity index (χ1n) is 7.19. The molecule has 0 spiro atoms. The van der Waals surface area contributed by atoms with Gasteiger partial charge in [0.05, 0.1) is 12.6 Å². The number of Topliss-reactive ketones (excluding diaryl/α,β-unsaturated/α-hetero) is 1. The highest BCUT2D eigenvalue weighted by atomic mass is 16.3. The number of aliphatic hydroxyl groups is 1. The Morgan fingerprint density at radius 3 is 2.71 bits per heavy atom. The third-order valence-corrected chi connectivity index (χ3v) is 3.73. The Morgan fingerprint density at radius 2 is 2.05 bits per heavy atom. The molecule has 1 fully saturated rings. The average molecular weight is 292 g/mol. The van der Waals surface area contributed by atoms with Gasteiger partial charge in [0, 0.05) is 37.6 Å². The molecule has 6 heteroatoms. The van der Waals surface area contributed by atoms with Gasteiger partial charge < -0.3 is 15.0 Å². The fraction of sp³-hybridized carbons (Fsp3) is 0.533. The van der Waals surface area contributed by atoms with Gasteiger partial charge in [-0.1, -0.05) is 6.07 Å². The molecule has 1 aromatic heterocycles. The molecule has 0 aromatic carbocycles. The monoisotopic (exact) mass is 292 g/mol. The van der Waals surface area contributed by atoms with Gasteiger partial charge in [0.2, 0.25) is 5.91 Å². The predicted octanol–water partition coefficient (Wildman–Crippen LogP) is 0.0847. The molecule has 1 aliphatic carbocycles. The summed E-state index contributed by atoms with van der Waals surface area (Å²) in [6.07, 6.45) is 2.86. The van der Waals surface area contributed by atoms with Crippen LogP contribution in [0, 0.1) is 5.92 Å². The number of aromatic nitrogens is 1. The van der Waals surface area contributed by atoms with Crippen LogP contribution in [0.4, 0.5) is 0 Å². The molecule has 6 nitrogen and oxygen atoms in total. The summed E-state index contributed by atoms with van der Waals surface area (Å²) in [6, 6.07) is 4.77. The zero-order valence-corrected chi connectivity index (χ0v) is 11.8. The van der Waals surface area contributed by atoms with Crippen LogP contribution in [0.5, 0.6) is 0 Å². The van der Waals surface area contributed by atoms with E-state index in [2.05, 4.69) is 5.32 Å². The SMILES string of the molecule is O=C1CCC(C(=O)NCC(O)Cn2ccccc2=O)CC1. The number of nitrogens with one attached hydrogen (secondary N) is 1. The minimum atomic E-state index is -0.820. The number of aliphatic hydroxyl groups excluding tert-OH is 1. The Morgan fingerprint density at radius 1 is 1.33 bits per heavy atom. The highest BCUT2D eigenvalue weighted by molar-refractivity contribution is 5.84. The largest absolute Gasteiger partial charge is 0.389 e. The molecular formula is C15H20N2O4. The minimum Gasteiger partial charge on any atom is -0.389 e. The Hall–Kier alpha value is -1.95. The molecule has 0 aliphatic heterocycles. The molecule has 0 radical (unpaired) electrons. The van der Waals surface area contributed by atoms with Crippen molar-refractivity contribution in [2.24, 2.45) is 5.92 Å². The third kappa shape index (κ3) is 4.53. The van der Waals surface area contributed by atoms with Crippen molar-refractivity contribution in [2.75, 3.05) is 6.54 Å². The van der Waals surface area contributed by atoms with Crippen LogP contribution in [0.2, 0.25) is 0 Å². The van der Waals surface area contributed by atoms with Crippen LogP contribution in [-0.2, 0) is 16.1 Å². The molecule has 0 saturated heterocycles. The molecule has 1 amide bonds. The van der Waals surface area contributed by atoms with Gasteiger partial charge in [-0.25, -0.2) is 0 Å². The van der Waals surface area contributed by atoms with Crippen LogP contribution in [0.3, 0.4) is 0 Å². The quantitative estimate of drug-likeness (QED) is 0.804. The van der Waals surface area contributed by atoms with E-state index in [1.807, 2.05) is 0 Å². The first-order chi connectivity index (χ1) is 10.1. The van der Waals surface area contributed by atoms with E-state index in [0.29, 0.717) is 25.7 Å². The molecule has 2 N–H and O–H groups in total. The molecule has 1 aliphatic rings. The number of hydrogen-bond donors (Lipinski definition) is 2. The molecule has 1 aromatic rings. The van der Waals surface area contributed by atoms with Crippen molar-refractivity contribution >= 4 is 11.7 Å². The zero-order valence-electron chi connectivity index (χ0n) is 11.8. The van der Waals surface area contributed by atoms with E-state index in [0.717, 1.165) is 0 Å². The molecule has 1 unspecified atom stereocenters. The van der Waals surface area contributed by atoms with E-state index in [9.17, 15) is 19.5 Å². The normalized spacial score (nSPS) is 17.5. The number of ketones is 1. The lowest BCUT2D eigenvalue weighted by molar-refractivity contribution is -0.128. The Balaban J connectivity index is 1.77. The second-order valence-corrected chi connectivity index (χ2v) is 5.40. The van der Waals surface area contributed by atoms with Crippen LogP contribution in [-0.4, -0.2) is 34.0 Å². The number of rotatable bonds is 5. The highest BCUT2D eigenvalue weighted by Gasteiger charge is 2.24. The Bertz CT molecular complexity index is 557. The number of nitrogens with zero attached hydrogens (tertiary/aromatic N) is 1. The highest BCUT2D eigenvalue weighted by Crippen LogP contribution is 2.21. The zero-order chi connectivity index (χ0) is 15.2. The summed E-state index contributed by atoms with van der Waals surface area (Å²) in [6.45, 7) is 0.244. The fourth-order valence-electron chi connectivity index (χ4n) is 2.47. The average Bonchev–Trinajstić information content (AvgIpc) is 2.48. The van der Waals surface area contributed by atoms with Gasteiger partial charge in [0.15, 0.2) is 0 Å². The van der Waals surface area contributed by atoms with Crippen molar-refractivity contribution in [3.63, 3.8) is 0 Å². The molecule has 0 bridgehead atoms. The van der Waals surface area contributed by atoms with Crippen molar-refractivity contribution in [3.8, 4) is 0 Å². The van der Waals surface area contributed by atoms with E-state index in [1.54, 1.807) is 18.3 Å². The summed E-state index contributed by atoms with van der Waals surface area (Å²) in [5.41, 5.74) is -0.186. The van der Waals surface area contributed by atoms with Crippen LogP contribution in [0.15, 0.2) is 29.2 Å². The fourth-order valence-corrected chi connectivity index (χ4v) is 2.47. The van der Waals surface area contributed by atoms with Gasteiger partial charge in [-0.15, -0.1) is 0 Å². The topological polar surface area (TPSA) is 88.4 Å². The summed E-state index contributed by atoms with van der Waals surface area (Å²) in [4.78, 5) is 34.6. The first kappa shape index (κ1) is 15.4. The van der Waals surface area contributed by atoms with Crippen LogP contribution in [0.25, 0.3) is 0 Å². The summed E-state index contributed by atoms with van der Waals surface area (Å²) in [5, 5.41) is 12.6. The van der Waals surface area contributed by atoms with Gasteiger partial charge >= 0.3 is 0 Å². The van der Waals surface area contributed by atoms with Gasteiger partial charge in [0.1, 0.15) is 5.78 Å². The van der Waals surface area contributed by atoms with Crippen molar-refractivity contribution in [2.45, 2.75) is 38.3 Å². The maximum absolute atomic E-state index is 11.9. The Kier molecular flexibility index (Phi) is 5.27. The molecule has 1 heterocycles. The molecule has 1 atom stereocenters. The van der Waals surface area contributed by atoms with E-state index in [4.69, 9.17) is 0 Å². The standard InChI is InChI=1S/C15H20N2O4/c18-12-6-4-11(5-7-12)15(21)16-9-13(19)10-17-8-2-1-3-14(17)20/h1-3,8,11,13,19H,4-7,9-10H2,(H,16,21). The number of carbonyl (C=O) groups excluding carboxylic acids is 2. The summed E-state index contributed by atoms with van der Waals surface area (Å²) >= 11 is 0. The summed E-state index contributed by atoms with van der Waals surface area (Å²) in [7, 11) is 0.